The number of allylic oxidation sites excluding steroid dienone is 5. The van der Waals surface area contributed by atoms with Gasteiger partial charge in [-0.15, -0.1) is 44.7 Å². The molecule has 6 aromatic carbocycles. The molecule has 2 aliphatic rings. The van der Waals surface area contributed by atoms with Crippen LogP contribution in [0.5, 0.6) is 0 Å². The van der Waals surface area contributed by atoms with Crippen molar-refractivity contribution >= 4 is 118 Å². The molecule has 0 saturated heterocycles. The van der Waals surface area contributed by atoms with Crippen molar-refractivity contribution in [2.24, 2.45) is 9.98 Å². The Labute approximate surface area is 552 Å². The van der Waals surface area contributed by atoms with Crippen molar-refractivity contribution in [1.29, 1.82) is 0 Å². The fraction of sp³-hybridized carbons (Fsp3) is 0.111. The number of thiazole rings is 2. The molecular weight excluding hydrogens is 1260 g/mol. The smallest absolute Gasteiger partial charge is 1.00 e. The normalized spacial score (nSPS) is 12.5. The monoisotopic (exact) mass is 1310 g/mol. The summed E-state index contributed by atoms with van der Waals surface area (Å²) in [7, 11) is 0. The maximum Gasteiger partial charge on any atom is 3.00 e. The Morgan fingerprint density at radius 1 is 0.554 bits per heavy atom. The molecule has 20 heteroatoms. The fourth-order valence-electron chi connectivity index (χ4n) is 12.0. The van der Waals surface area contributed by atoms with Gasteiger partial charge in [-0.3, -0.25) is 39.0 Å². The number of carbonyl (C=O) groups excluding carboxylic acids is 2. The van der Waals surface area contributed by atoms with E-state index in [9.17, 15) is 29.8 Å². The molecule has 0 fully saturated rings. The molecule has 2 amide bonds. The molecule has 0 spiro atoms. The first-order valence-corrected chi connectivity index (χ1v) is 30.7. The van der Waals surface area contributed by atoms with Gasteiger partial charge in [-0.1, -0.05) is 175 Å². The summed E-state index contributed by atoms with van der Waals surface area (Å²) >= 11 is 2.44. The molecule has 92 heavy (non-hydrogen) atoms. The van der Waals surface area contributed by atoms with Crippen molar-refractivity contribution in [2.45, 2.75) is 53.4 Å². The molecule has 1 radical (unpaired) electrons. The minimum absolute atomic E-state index is 0. The van der Waals surface area contributed by atoms with Gasteiger partial charge in [0.15, 0.2) is 9.60 Å². The number of rotatable bonds is 14. The first-order valence-electron chi connectivity index (χ1n) is 29.0. The van der Waals surface area contributed by atoms with E-state index in [4.69, 9.17) is 29.9 Å². The molecule has 0 saturated carbocycles. The van der Waals surface area contributed by atoms with Gasteiger partial charge in [-0.05, 0) is 109 Å². The van der Waals surface area contributed by atoms with Gasteiger partial charge in [0.05, 0.1) is 54.8 Å². The topological polar surface area (TPSA) is 209 Å². The number of benzene rings is 6. The van der Waals surface area contributed by atoms with E-state index in [1.165, 1.54) is 22.7 Å². The molecule has 7 heterocycles. The number of carbonyl (C=O) groups is 2. The summed E-state index contributed by atoms with van der Waals surface area (Å²) in [5.74, 6) is -0.911. The third-order valence-corrected chi connectivity index (χ3v) is 18.3. The van der Waals surface area contributed by atoms with E-state index in [1.54, 1.807) is 57.7 Å². The van der Waals surface area contributed by atoms with Crippen LogP contribution in [0.25, 0.3) is 106 Å². The zero-order chi connectivity index (χ0) is 62.5. The maximum absolute atomic E-state index is 14.6. The zero-order valence-corrected chi connectivity index (χ0v) is 53.5. The number of nitro benzene ring substituents is 2. The van der Waals surface area contributed by atoms with E-state index in [1.807, 2.05) is 160 Å². The van der Waals surface area contributed by atoms with E-state index in [2.05, 4.69) is 13.2 Å². The van der Waals surface area contributed by atoms with Crippen molar-refractivity contribution in [3.63, 3.8) is 0 Å². The molecule has 0 aliphatic carbocycles. The Morgan fingerprint density at radius 2 is 1.01 bits per heavy atom. The van der Waals surface area contributed by atoms with Crippen LogP contribution in [-0.4, -0.2) is 40.8 Å². The summed E-state index contributed by atoms with van der Waals surface area (Å²) < 4.78 is 3.39. The van der Waals surface area contributed by atoms with Crippen LogP contribution in [0.1, 0.15) is 78.1 Å². The zero-order valence-electron chi connectivity index (χ0n) is 50.0. The van der Waals surface area contributed by atoms with Crippen LogP contribution in [0, 0.1) is 34.1 Å². The van der Waals surface area contributed by atoms with Crippen molar-refractivity contribution in [1.82, 2.24) is 29.1 Å². The summed E-state index contributed by atoms with van der Waals surface area (Å²) in [5.41, 5.74) is 14.8. The molecule has 16 nitrogen and oxygen atoms in total. The van der Waals surface area contributed by atoms with Gasteiger partial charge in [-0.25, -0.2) is 9.97 Å². The largest absolute Gasteiger partial charge is 3.00 e. The number of aromatic nitrogens is 6. The van der Waals surface area contributed by atoms with E-state index in [0.29, 0.717) is 77.8 Å². The number of nitrogens with zero attached hydrogens (tertiary/aromatic N) is 10. The van der Waals surface area contributed by atoms with Gasteiger partial charge in [0, 0.05) is 29.2 Å². The molecular formula is C72H54ClFeN10O6S2. The third kappa shape index (κ3) is 11.7. The molecule has 455 valence electrons. The Kier molecular flexibility index (Phi) is 18.1. The Hall–Kier alpha value is -10.3. The Morgan fingerprint density at radius 3 is 1.54 bits per heavy atom. The van der Waals surface area contributed by atoms with Gasteiger partial charge < -0.3 is 22.4 Å². The SMILES string of the molecule is C=CC1=C(C)c2cc3[n-]c(cc4nc(cc5[n-]c(cc1n2)c(C)c5CCC(=O)N=c1scc(-c2ccccc2)n1-c1ccc2ccccc2c1[N+](=O)[O-])C(CCC(=O)N=c1scc(-c2ccccc2)n1-c1ccc2ccccc2c1[N+](=O)[O-])=C4C)c(C)c3C=C.[Cl-].[Fe+3]. The molecule has 0 atom stereocenters. The first-order chi connectivity index (χ1) is 43.7. The van der Waals surface area contributed by atoms with E-state index in [0.717, 1.165) is 55.7 Å². The van der Waals surface area contributed by atoms with Crippen LogP contribution in [0.2, 0.25) is 0 Å². The van der Waals surface area contributed by atoms with E-state index >= 15 is 0 Å². The minimum atomic E-state index is -0.456. The molecule has 2 aliphatic heterocycles. The second-order valence-corrected chi connectivity index (χ2v) is 23.5. The summed E-state index contributed by atoms with van der Waals surface area (Å²) in [6.07, 6.45) is 3.85. The fourth-order valence-corrected chi connectivity index (χ4v) is 13.9. The number of aryl methyl sites for hydroxylation is 3. The Balaban J connectivity index is 0.00000433. The third-order valence-electron chi connectivity index (χ3n) is 16.7. The number of nitro groups is 2. The minimum Gasteiger partial charge on any atom is -1.00 e. The van der Waals surface area contributed by atoms with Gasteiger partial charge >= 0.3 is 28.4 Å². The summed E-state index contributed by atoms with van der Waals surface area (Å²) in [6.45, 7) is 16.2. The van der Waals surface area contributed by atoms with Gasteiger partial charge in [-0.2, -0.15) is 9.98 Å². The van der Waals surface area contributed by atoms with Crippen LogP contribution >= 0.6 is 22.7 Å². The second-order valence-electron chi connectivity index (χ2n) is 21.8. The van der Waals surface area contributed by atoms with E-state index in [-0.39, 0.29) is 97.4 Å². The van der Waals surface area contributed by atoms with Crippen LogP contribution in [0.4, 0.5) is 11.4 Å². The maximum atomic E-state index is 14.6. The quantitative estimate of drug-likeness (QED) is 0.0571. The predicted octanol–water partition coefficient (Wildman–Crippen LogP) is 13.0. The van der Waals surface area contributed by atoms with Crippen molar-refractivity contribution in [3.8, 4) is 33.9 Å². The molecule has 0 unspecified atom stereocenters. The summed E-state index contributed by atoms with van der Waals surface area (Å²) in [4.78, 5) is 85.1. The van der Waals surface area contributed by atoms with Crippen LogP contribution in [0.15, 0.2) is 198 Å². The van der Waals surface area contributed by atoms with Crippen molar-refractivity contribution < 1.29 is 48.9 Å². The summed E-state index contributed by atoms with van der Waals surface area (Å²) in [6, 6.07) is 48.0. The number of halogens is 1. The average molecular weight is 1310 g/mol. The second kappa shape index (κ2) is 26.3. The molecule has 5 aromatic heterocycles. The molecule has 11 aromatic rings. The number of hydrogen-bond acceptors (Lipinski definition) is 10. The standard InChI is InChI=1S/C72H54N10O6S2.ClH.Fe/c1-7-49-41(3)55-35-56-43(5)51(29-33-67(83)77-71-79(65(39-89-71)47-21-11-9-12-22-47)63-31-27-45-19-15-17-25-53(45)69(63)81(85)86)61(75-56)38-62-52(44(6)58(76-62)37-60-50(8-2)42(4)57(74-60)36-59(49)73-55)30-34-68(84)78-72-80(66(40-90-72)48-23-13-10-14-24-48)64-32-28-46-20-16-18-26-54(46)70(64)82(87)88;;/h7-28,31-32,35-40H,1-2,29-30,33-34H2,3-6H3;1H;/q-2;;+3/p-1. The van der Waals surface area contributed by atoms with E-state index < -0.39 is 11.8 Å². The molecule has 0 N–H and O–H groups in total. The summed E-state index contributed by atoms with van der Waals surface area (Å²) in [5, 5.41) is 32.0. The van der Waals surface area contributed by atoms with Crippen molar-refractivity contribution in [3.05, 3.63) is 263 Å². The van der Waals surface area contributed by atoms with Crippen LogP contribution < -0.4 is 32.0 Å². The first kappa shape index (κ1) is 63.3. The van der Waals surface area contributed by atoms with Crippen LogP contribution in [0.3, 0.4) is 0 Å². The number of fused-ring (bicyclic) bond motifs is 10. The Bertz CT molecular complexity index is 5300. The van der Waals surface area contributed by atoms with Gasteiger partial charge in [0.1, 0.15) is 11.4 Å². The molecule has 8 bridgehead atoms. The number of amides is 2. The number of hydrogen-bond donors (Lipinski definition) is 0. The van der Waals surface area contributed by atoms with Crippen molar-refractivity contribution in [2.75, 3.05) is 0 Å². The average Bonchev–Trinajstić information content (AvgIpc) is 1.28. The van der Waals surface area contributed by atoms with Gasteiger partial charge in [0.2, 0.25) is 11.8 Å². The van der Waals surface area contributed by atoms with Crippen LogP contribution in [-0.2, 0) is 33.1 Å². The predicted molar refractivity (Wildman–Crippen MR) is 359 cm³/mol. The van der Waals surface area contributed by atoms with Gasteiger partial charge in [0.25, 0.3) is 0 Å². The molecule has 13 rings (SSSR count).